The van der Waals surface area contributed by atoms with Crippen LogP contribution in [0, 0.1) is 11.3 Å². The molecule has 3 heterocycles. The lowest BCUT2D eigenvalue weighted by atomic mass is 10.0. The summed E-state index contributed by atoms with van der Waals surface area (Å²) in [5.41, 5.74) is 3.92. The van der Waals surface area contributed by atoms with Crippen LogP contribution in [0.5, 0.6) is 5.75 Å². The van der Waals surface area contributed by atoms with Crippen LogP contribution in [-0.4, -0.2) is 44.4 Å². The minimum Gasteiger partial charge on any atom is -0.497 e. The molecule has 37 heavy (non-hydrogen) atoms. The van der Waals surface area contributed by atoms with E-state index in [9.17, 15) is 24.4 Å². The molecule has 1 amide bonds. The molecule has 0 radical (unpaired) electrons. The van der Waals surface area contributed by atoms with E-state index in [-0.39, 0.29) is 11.6 Å². The highest BCUT2D eigenvalue weighted by atomic mass is 31.2. The molecular weight excluding hydrogens is 497 g/mol. The monoisotopic (exact) mass is 519 g/mol. The summed E-state index contributed by atoms with van der Waals surface area (Å²) in [7, 11) is -1.58. The molecule has 0 atom stereocenters. The molecule has 0 saturated heterocycles. The van der Waals surface area contributed by atoms with E-state index in [0.29, 0.717) is 44.7 Å². The molecule has 0 unspecified atom stereocenters. The Morgan fingerprint density at radius 3 is 2.68 bits per heavy atom. The number of aromatic nitrogens is 3. The zero-order valence-corrected chi connectivity index (χ0v) is 20.8. The molecule has 0 saturated carbocycles. The van der Waals surface area contributed by atoms with Crippen molar-refractivity contribution in [3.8, 4) is 34.1 Å². The van der Waals surface area contributed by atoms with Gasteiger partial charge in [0.2, 0.25) is 5.91 Å². The van der Waals surface area contributed by atoms with E-state index in [4.69, 9.17) is 9.26 Å². The van der Waals surface area contributed by atoms with Crippen LogP contribution in [-0.2, 0) is 20.6 Å². The second kappa shape index (κ2) is 10.3. The summed E-state index contributed by atoms with van der Waals surface area (Å²) in [5.74, 6) is 0.236. The number of hydrogen-bond donors (Lipinski definition) is 2. The molecule has 2 N–H and O–H groups in total. The molecule has 0 fully saturated rings. The van der Waals surface area contributed by atoms with Crippen LogP contribution in [0.4, 0.5) is 5.69 Å². The first kappa shape index (κ1) is 25.8. The third-order valence-corrected chi connectivity index (χ3v) is 6.07. The maximum Gasteiger partial charge on any atom is 0.471 e. The number of hydrogen-bond acceptors (Lipinski definition) is 7. The van der Waals surface area contributed by atoms with E-state index in [1.54, 1.807) is 49.8 Å². The third-order valence-electron chi connectivity index (χ3n) is 5.62. The maximum atomic E-state index is 12.2. The van der Waals surface area contributed by atoms with Gasteiger partial charge in [-0.05, 0) is 47.5 Å². The van der Waals surface area contributed by atoms with Gasteiger partial charge in [-0.3, -0.25) is 9.32 Å². The number of phosphoric acid groups is 1. The van der Waals surface area contributed by atoms with E-state index in [2.05, 4.69) is 16.5 Å². The van der Waals surface area contributed by atoms with Crippen molar-refractivity contribution in [3.63, 3.8) is 0 Å². The van der Waals surface area contributed by atoms with Crippen LogP contribution in [0.25, 0.3) is 33.3 Å². The molecule has 188 valence electrons. The summed E-state index contributed by atoms with van der Waals surface area (Å²) >= 11 is 0. The van der Waals surface area contributed by atoms with Crippen LogP contribution in [0.3, 0.4) is 0 Å². The van der Waals surface area contributed by atoms with Gasteiger partial charge in [-0.1, -0.05) is 6.58 Å². The molecule has 12 heteroatoms. The maximum absolute atomic E-state index is 12.2. The second-order valence-corrected chi connectivity index (χ2v) is 9.16. The van der Waals surface area contributed by atoms with Crippen LogP contribution in [0.2, 0.25) is 0 Å². The van der Waals surface area contributed by atoms with Gasteiger partial charge in [0.1, 0.15) is 29.9 Å². The first-order valence-corrected chi connectivity index (χ1v) is 12.3. The van der Waals surface area contributed by atoms with Crippen molar-refractivity contribution in [2.75, 3.05) is 19.1 Å². The Balaban J connectivity index is 1.90. The Hall–Kier alpha value is -4.33. The third kappa shape index (κ3) is 5.58. The highest BCUT2D eigenvalue weighted by Crippen LogP contribution is 2.39. The van der Waals surface area contributed by atoms with Gasteiger partial charge in [0, 0.05) is 53.9 Å². The second-order valence-electron chi connectivity index (χ2n) is 7.92. The Morgan fingerprint density at radius 2 is 2.00 bits per heavy atom. The number of rotatable bonds is 8. The molecule has 0 spiro atoms. The van der Waals surface area contributed by atoms with Crippen molar-refractivity contribution in [1.82, 2.24) is 14.5 Å². The van der Waals surface area contributed by atoms with E-state index in [1.165, 1.54) is 28.8 Å². The van der Waals surface area contributed by atoms with Gasteiger partial charge in [0.05, 0.1) is 7.11 Å². The Bertz CT molecular complexity index is 1600. The fourth-order valence-corrected chi connectivity index (χ4v) is 4.05. The topological polar surface area (TPSA) is 151 Å². The number of carbonyl (C=O) groups excluding carboxylic acids is 1. The zero-order chi connectivity index (χ0) is 26.7. The van der Waals surface area contributed by atoms with Crippen LogP contribution in [0.1, 0.15) is 5.69 Å². The smallest absolute Gasteiger partial charge is 0.471 e. The normalized spacial score (nSPS) is 11.2. The minimum atomic E-state index is -4.73. The van der Waals surface area contributed by atoms with Gasteiger partial charge < -0.3 is 24.0 Å². The molecule has 1 aromatic carbocycles. The van der Waals surface area contributed by atoms with Crippen molar-refractivity contribution < 1.29 is 28.4 Å². The fourth-order valence-electron chi connectivity index (χ4n) is 3.78. The number of nitrogens with zero attached hydrogens (tertiary/aromatic N) is 5. The standard InChI is InChI=1S/C25H22N5O6P/c1-4-24(31)29(2)20-8-17(9-21(11-20)35-3)18-10-22-23(16-5-6-27-19(7-16)12-26)14-30(25(22)28-13-18)15-36-37(32,33)34/h4-11,13-14H,1,15H2,2-3H3,(H2,32,33,34). The quantitative estimate of drug-likeness (QED) is 0.261. The summed E-state index contributed by atoms with van der Waals surface area (Å²) in [4.78, 5) is 40.5. The van der Waals surface area contributed by atoms with E-state index in [1.807, 2.05) is 12.1 Å². The number of pyridine rings is 2. The molecule has 11 nitrogen and oxygen atoms in total. The molecule has 4 rings (SSSR count). The Kier molecular flexibility index (Phi) is 7.20. The molecule has 0 bridgehead atoms. The summed E-state index contributed by atoms with van der Waals surface area (Å²) in [6.07, 6.45) is 5.95. The average molecular weight is 519 g/mol. The molecule has 3 aromatic heterocycles. The fraction of sp³-hybridized carbons (Fsp3) is 0.120. The molecule has 0 aliphatic carbocycles. The number of ether oxygens (including phenoxy) is 1. The van der Waals surface area contributed by atoms with Gasteiger partial charge >= 0.3 is 7.82 Å². The number of methoxy groups -OCH3 is 1. The van der Waals surface area contributed by atoms with Crippen molar-refractivity contribution in [2.24, 2.45) is 0 Å². The number of fused-ring (bicyclic) bond motifs is 1. The summed E-state index contributed by atoms with van der Waals surface area (Å²) in [5, 5.41) is 9.93. The number of likely N-dealkylation sites (N-methyl/N-ethyl adjacent to an activating group) is 1. The van der Waals surface area contributed by atoms with Crippen molar-refractivity contribution >= 4 is 30.5 Å². The Morgan fingerprint density at radius 1 is 1.22 bits per heavy atom. The van der Waals surface area contributed by atoms with Crippen LogP contribution < -0.4 is 9.64 Å². The number of nitriles is 1. The average Bonchev–Trinajstić information content (AvgIpc) is 3.28. The number of phosphoric ester groups is 1. The number of amides is 1. The van der Waals surface area contributed by atoms with Gasteiger partial charge in [-0.2, -0.15) is 5.26 Å². The molecule has 4 aromatic rings. The van der Waals surface area contributed by atoms with E-state index in [0.717, 1.165) is 0 Å². The van der Waals surface area contributed by atoms with Gasteiger partial charge in [0.25, 0.3) is 0 Å². The van der Waals surface area contributed by atoms with Crippen molar-refractivity contribution in [2.45, 2.75) is 6.73 Å². The summed E-state index contributed by atoms with van der Waals surface area (Å²) < 4.78 is 22.9. The van der Waals surface area contributed by atoms with Crippen molar-refractivity contribution in [1.29, 1.82) is 5.26 Å². The molecule has 0 aliphatic heterocycles. The number of carbonyl (C=O) groups is 1. The highest BCUT2D eigenvalue weighted by Gasteiger charge is 2.19. The van der Waals surface area contributed by atoms with Crippen LogP contribution >= 0.6 is 7.82 Å². The minimum absolute atomic E-state index is 0.210. The van der Waals surface area contributed by atoms with Crippen LogP contribution in [0.15, 0.2) is 67.6 Å². The highest BCUT2D eigenvalue weighted by molar-refractivity contribution is 7.46. The lowest BCUT2D eigenvalue weighted by molar-refractivity contribution is -0.113. The summed E-state index contributed by atoms with van der Waals surface area (Å²) in [6, 6.07) is 12.5. The number of anilines is 1. The van der Waals surface area contributed by atoms with E-state index < -0.39 is 14.6 Å². The molecular formula is C25H22N5O6P. The predicted octanol–water partition coefficient (Wildman–Crippen LogP) is 3.86. The Labute approximate surface area is 212 Å². The lowest BCUT2D eigenvalue weighted by Gasteiger charge is -2.18. The van der Waals surface area contributed by atoms with Crippen molar-refractivity contribution in [3.05, 3.63) is 73.3 Å². The zero-order valence-electron chi connectivity index (χ0n) is 19.9. The SMILES string of the molecule is C=CC(=O)N(C)c1cc(OC)cc(-c2cnc3c(c2)c(-c2ccnc(C#N)c2)cn3COP(=O)(O)O)c1. The predicted molar refractivity (Wildman–Crippen MR) is 136 cm³/mol. The van der Waals surface area contributed by atoms with Gasteiger partial charge in [-0.25, -0.2) is 14.5 Å². The largest absolute Gasteiger partial charge is 0.497 e. The van der Waals surface area contributed by atoms with E-state index >= 15 is 0 Å². The van der Waals surface area contributed by atoms with Gasteiger partial charge in [0.15, 0.2) is 0 Å². The lowest BCUT2D eigenvalue weighted by Crippen LogP contribution is -2.23. The molecule has 0 aliphatic rings. The first-order chi connectivity index (χ1) is 17.6. The van der Waals surface area contributed by atoms with Gasteiger partial charge in [-0.15, -0.1) is 0 Å². The number of benzene rings is 1. The summed E-state index contributed by atoms with van der Waals surface area (Å²) in [6.45, 7) is 3.09. The first-order valence-electron chi connectivity index (χ1n) is 10.8.